The first-order chi connectivity index (χ1) is 10.3. The van der Waals surface area contributed by atoms with Gasteiger partial charge in [0.05, 0.1) is 17.2 Å². The summed E-state index contributed by atoms with van der Waals surface area (Å²) in [5.41, 5.74) is -0.0436. The van der Waals surface area contributed by atoms with E-state index >= 15 is 0 Å². The number of rotatable bonds is 3. The van der Waals surface area contributed by atoms with Crippen LogP contribution in [0.5, 0.6) is 0 Å². The summed E-state index contributed by atoms with van der Waals surface area (Å²) < 4.78 is 7.47. The molecule has 0 saturated carbocycles. The van der Waals surface area contributed by atoms with Gasteiger partial charge in [-0.15, -0.1) is 0 Å². The number of ether oxygens (including phenoxy) is 1. The molecule has 118 valence electrons. The number of carbonyl (C=O) groups excluding carboxylic acids is 1. The fraction of sp³-hybridized carbons (Fsp3) is 0.400. The fourth-order valence-corrected chi connectivity index (χ4v) is 2.23. The zero-order chi connectivity index (χ0) is 16.3. The molecule has 0 bridgehead atoms. The molecule has 0 aliphatic heterocycles. The third-order valence-corrected chi connectivity index (χ3v) is 3.30. The molecule has 0 aliphatic carbocycles. The van der Waals surface area contributed by atoms with Crippen LogP contribution in [-0.4, -0.2) is 27.8 Å². The van der Waals surface area contributed by atoms with E-state index in [2.05, 4.69) is 26.2 Å². The van der Waals surface area contributed by atoms with Crippen molar-refractivity contribution in [1.29, 1.82) is 0 Å². The molecule has 2 aromatic rings. The van der Waals surface area contributed by atoms with Gasteiger partial charge in [-0.2, -0.15) is 0 Å². The molecular weight excluding hydrogens is 350 g/mol. The highest BCUT2D eigenvalue weighted by Crippen LogP contribution is 2.14. The van der Waals surface area contributed by atoms with Gasteiger partial charge >= 0.3 is 6.09 Å². The Morgan fingerprint density at radius 2 is 2.14 bits per heavy atom. The molecule has 1 aromatic carbocycles. The predicted molar refractivity (Wildman–Crippen MR) is 87.9 cm³/mol. The number of halogens is 1. The number of aromatic nitrogens is 2. The van der Waals surface area contributed by atoms with Crippen molar-refractivity contribution in [1.82, 2.24) is 14.9 Å². The second kappa shape index (κ2) is 6.48. The highest BCUT2D eigenvalue weighted by Gasteiger charge is 2.15. The van der Waals surface area contributed by atoms with Gasteiger partial charge in [-0.25, -0.2) is 9.78 Å². The van der Waals surface area contributed by atoms with Crippen LogP contribution < -0.4 is 10.9 Å². The maximum absolute atomic E-state index is 12.3. The third-order valence-electron chi connectivity index (χ3n) is 2.81. The Labute approximate surface area is 136 Å². The second-order valence-electron chi connectivity index (χ2n) is 5.83. The summed E-state index contributed by atoms with van der Waals surface area (Å²) in [5.74, 6) is 0. The van der Waals surface area contributed by atoms with Gasteiger partial charge in [0.25, 0.3) is 5.56 Å². The van der Waals surface area contributed by atoms with E-state index in [1.54, 1.807) is 39.0 Å². The summed E-state index contributed by atoms with van der Waals surface area (Å²) >= 11 is 3.35. The summed E-state index contributed by atoms with van der Waals surface area (Å²) in [6.45, 7) is 6.00. The summed E-state index contributed by atoms with van der Waals surface area (Å²) in [6.07, 6.45) is 0.978. The van der Waals surface area contributed by atoms with E-state index < -0.39 is 11.7 Å². The van der Waals surface area contributed by atoms with Crippen LogP contribution in [0.1, 0.15) is 20.8 Å². The van der Waals surface area contributed by atoms with Gasteiger partial charge in [0, 0.05) is 17.6 Å². The van der Waals surface area contributed by atoms with Crippen LogP contribution >= 0.6 is 15.9 Å². The topological polar surface area (TPSA) is 73.2 Å². The van der Waals surface area contributed by atoms with Crippen LogP contribution in [0.25, 0.3) is 10.9 Å². The van der Waals surface area contributed by atoms with Gasteiger partial charge in [0.1, 0.15) is 5.60 Å². The van der Waals surface area contributed by atoms with Crippen LogP contribution in [0.15, 0.2) is 33.8 Å². The lowest BCUT2D eigenvalue weighted by atomic mass is 10.2. The van der Waals surface area contributed by atoms with Crippen molar-refractivity contribution in [3.63, 3.8) is 0 Å². The average molecular weight is 368 g/mol. The van der Waals surface area contributed by atoms with E-state index in [0.717, 1.165) is 4.47 Å². The highest BCUT2D eigenvalue weighted by atomic mass is 79.9. The van der Waals surface area contributed by atoms with Gasteiger partial charge in [-0.3, -0.25) is 9.36 Å². The molecule has 1 aromatic heterocycles. The molecule has 0 fully saturated rings. The molecule has 0 saturated heterocycles. The number of carbonyl (C=O) groups is 1. The first kappa shape index (κ1) is 16.5. The van der Waals surface area contributed by atoms with Crippen LogP contribution in [0.4, 0.5) is 4.79 Å². The van der Waals surface area contributed by atoms with Gasteiger partial charge in [0.15, 0.2) is 0 Å². The number of benzene rings is 1. The van der Waals surface area contributed by atoms with Crippen molar-refractivity contribution in [2.75, 3.05) is 6.54 Å². The Kier molecular flexibility index (Phi) is 4.85. The zero-order valence-corrected chi connectivity index (χ0v) is 14.3. The van der Waals surface area contributed by atoms with Crippen LogP contribution in [-0.2, 0) is 11.3 Å². The number of nitrogens with one attached hydrogen (secondary N) is 1. The largest absolute Gasteiger partial charge is 0.444 e. The Bertz CT molecular complexity index is 750. The summed E-state index contributed by atoms with van der Waals surface area (Å²) in [4.78, 5) is 28.1. The van der Waals surface area contributed by atoms with Crippen molar-refractivity contribution in [2.24, 2.45) is 0 Å². The molecule has 0 aliphatic rings. The lowest BCUT2D eigenvalue weighted by Gasteiger charge is -2.19. The lowest BCUT2D eigenvalue weighted by molar-refractivity contribution is 0.0526. The Morgan fingerprint density at radius 3 is 2.82 bits per heavy atom. The van der Waals surface area contributed by atoms with Gasteiger partial charge < -0.3 is 10.1 Å². The van der Waals surface area contributed by atoms with Gasteiger partial charge in [-0.1, -0.05) is 15.9 Å². The molecule has 1 heterocycles. The molecule has 0 radical (unpaired) electrons. The second-order valence-corrected chi connectivity index (χ2v) is 6.75. The molecule has 6 nitrogen and oxygen atoms in total. The van der Waals surface area contributed by atoms with Crippen LogP contribution in [0, 0.1) is 0 Å². The predicted octanol–water partition coefficient (Wildman–Crippen LogP) is 2.68. The normalized spacial score (nSPS) is 11.5. The third kappa shape index (κ3) is 4.30. The minimum Gasteiger partial charge on any atom is -0.444 e. The van der Waals surface area contributed by atoms with E-state index in [0.29, 0.717) is 24.0 Å². The van der Waals surface area contributed by atoms with Gasteiger partial charge in [0.2, 0.25) is 0 Å². The Hall–Kier alpha value is -1.89. The van der Waals surface area contributed by atoms with E-state index in [1.165, 1.54) is 10.9 Å². The van der Waals surface area contributed by atoms with Crippen LogP contribution in [0.3, 0.4) is 0 Å². The summed E-state index contributed by atoms with van der Waals surface area (Å²) in [6, 6.07) is 5.32. The lowest BCUT2D eigenvalue weighted by Crippen LogP contribution is -2.35. The smallest absolute Gasteiger partial charge is 0.407 e. The number of alkyl carbamates (subject to hydrolysis) is 1. The molecule has 2 rings (SSSR count). The average Bonchev–Trinajstić information content (AvgIpc) is 2.39. The minimum atomic E-state index is -0.543. The number of amides is 1. The first-order valence-corrected chi connectivity index (χ1v) is 7.67. The first-order valence-electron chi connectivity index (χ1n) is 6.88. The van der Waals surface area contributed by atoms with E-state index in [1.807, 2.05) is 0 Å². The monoisotopic (exact) mass is 367 g/mol. The maximum Gasteiger partial charge on any atom is 0.407 e. The molecule has 1 N–H and O–H groups in total. The molecule has 0 atom stereocenters. The molecule has 22 heavy (non-hydrogen) atoms. The Morgan fingerprint density at radius 1 is 1.41 bits per heavy atom. The fourth-order valence-electron chi connectivity index (χ4n) is 1.88. The van der Waals surface area contributed by atoms with Crippen molar-refractivity contribution in [3.8, 4) is 0 Å². The molecule has 0 unspecified atom stereocenters. The van der Waals surface area contributed by atoms with Crippen molar-refractivity contribution >= 4 is 32.9 Å². The number of nitrogens with zero attached hydrogens (tertiary/aromatic N) is 2. The standard InChI is InChI=1S/C15H18BrN3O3/c1-15(2,3)22-14(21)17-6-7-19-9-18-12-8-10(16)4-5-11(12)13(19)20/h4-5,8-9H,6-7H2,1-3H3,(H,17,21). The quantitative estimate of drug-likeness (QED) is 0.904. The number of hydrogen-bond donors (Lipinski definition) is 1. The minimum absolute atomic E-state index is 0.136. The van der Waals surface area contributed by atoms with Crippen molar-refractivity contribution in [2.45, 2.75) is 32.9 Å². The SMILES string of the molecule is CC(C)(C)OC(=O)NCCn1cnc2cc(Br)ccc2c1=O. The molecule has 1 amide bonds. The molecule has 7 heteroatoms. The number of fused-ring (bicyclic) bond motifs is 1. The van der Waals surface area contributed by atoms with Crippen LogP contribution in [0.2, 0.25) is 0 Å². The van der Waals surface area contributed by atoms with Crippen molar-refractivity contribution < 1.29 is 9.53 Å². The maximum atomic E-state index is 12.3. The highest BCUT2D eigenvalue weighted by molar-refractivity contribution is 9.10. The number of hydrogen-bond acceptors (Lipinski definition) is 4. The summed E-state index contributed by atoms with van der Waals surface area (Å²) in [5, 5.41) is 3.16. The summed E-state index contributed by atoms with van der Waals surface area (Å²) in [7, 11) is 0. The van der Waals surface area contributed by atoms with E-state index in [-0.39, 0.29) is 5.56 Å². The molecule has 0 spiro atoms. The van der Waals surface area contributed by atoms with E-state index in [4.69, 9.17) is 4.74 Å². The van der Waals surface area contributed by atoms with Gasteiger partial charge in [-0.05, 0) is 39.0 Å². The van der Waals surface area contributed by atoms with E-state index in [9.17, 15) is 9.59 Å². The zero-order valence-electron chi connectivity index (χ0n) is 12.7. The Balaban J connectivity index is 2.04. The van der Waals surface area contributed by atoms with Crippen molar-refractivity contribution in [3.05, 3.63) is 39.4 Å². The molecular formula is C15H18BrN3O3.